The van der Waals surface area contributed by atoms with Crippen molar-refractivity contribution in [3.05, 3.63) is 84.4 Å². The van der Waals surface area contributed by atoms with Crippen molar-refractivity contribution in [1.29, 1.82) is 0 Å². The molecule has 0 unspecified atom stereocenters. The van der Waals surface area contributed by atoms with Gasteiger partial charge in [-0.05, 0) is 18.2 Å². The molecular formula is C22H18N4O2. The first-order valence-corrected chi connectivity index (χ1v) is 8.83. The van der Waals surface area contributed by atoms with Gasteiger partial charge in [-0.2, -0.15) is 0 Å². The predicted molar refractivity (Wildman–Crippen MR) is 107 cm³/mol. The lowest BCUT2D eigenvalue weighted by molar-refractivity contribution is -0.116. The van der Waals surface area contributed by atoms with Gasteiger partial charge < -0.3 is 4.90 Å². The molecule has 0 saturated carbocycles. The van der Waals surface area contributed by atoms with Crippen molar-refractivity contribution in [2.45, 2.75) is 6.92 Å². The number of hydrogen-bond donors (Lipinski definition) is 0. The maximum atomic E-state index is 12.8. The van der Waals surface area contributed by atoms with E-state index in [-0.39, 0.29) is 11.7 Å². The second-order valence-electron chi connectivity index (χ2n) is 6.44. The third-order valence-corrected chi connectivity index (χ3v) is 4.68. The molecular weight excluding hydrogens is 352 g/mol. The summed E-state index contributed by atoms with van der Waals surface area (Å²) in [5.74, 6) is -0.215. The highest BCUT2D eigenvalue weighted by atomic mass is 16.2. The summed E-state index contributed by atoms with van der Waals surface area (Å²) < 4.78 is 1.79. The number of rotatable bonds is 4. The molecule has 0 N–H and O–H groups in total. The van der Waals surface area contributed by atoms with Gasteiger partial charge in [-0.25, -0.2) is 9.97 Å². The van der Waals surface area contributed by atoms with Crippen LogP contribution in [-0.4, -0.2) is 33.1 Å². The Morgan fingerprint density at radius 3 is 2.50 bits per heavy atom. The summed E-state index contributed by atoms with van der Waals surface area (Å²) in [6.07, 6.45) is 3.27. The van der Waals surface area contributed by atoms with Crippen LogP contribution in [0.25, 0.3) is 16.9 Å². The van der Waals surface area contributed by atoms with E-state index in [9.17, 15) is 9.59 Å². The zero-order valence-electron chi connectivity index (χ0n) is 15.5. The van der Waals surface area contributed by atoms with Crippen LogP contribution in [0.2, 0.25) is 0 Å². The zero-order valence-corrected chi connectivity index (χ0v) is 15.5. The molecule has 1 amide bonds. The molecule has 0 radical (unpaired) electrons. The first-order chi connectivity index (χ1) is 13.6. The van der Waals surface area contributed by atoms with Crippen molar-refractivity contribution >= 4 is 23.0 Å². The first-order valence-electron chi connectivity index (χ1n) is 8.83. The summed E-state index contributed by atoms with van der Waals surface area (Å²) >= 11 is 0. The molecule has 0 aliphatic carbocycles. The third-order valence-electron chi connectivity index (χ3n) is 4.68. The van der Waals surface area contributed by atoms with Crippen molar-refractivity contribution in [2.24, 2.45) is 0 Å². The van der Waals surface area contributed by atoms with Gasteiger partial charge >= 0.3 is 0 Å². The highest BCUT2D eigenvalue weighted by Gasteiger charge is 2.18. The van der Waals surface area contributed by atoms with E-state index < -0.39 is 0 Å². The van der Waals surface area contributed by atoms with E-state index in [1.807, 2.05) is 48.5 Å². The van der Waals surface area contributed by atoms with Gasteiger partial charge in [0.2, 0.25) is 11.7 Å². The number of anilines is 1. The maximum absolute atomic E-state index is 12.8. The number of amides is 1. The lowest BCUT2D eigenvalue weighted by Gasteiger charge is -2.16. The molecule has 0 saturated heterocycles. The van der Waals surface area contributed by atoms with Crippen molar-refractivity contribution in [2.75, 3.05) is 11.9 Å². The van der Waals surface area contributed by atoms with Crippen LogP contribution in [-0.2, 0) is 4.79 Å². The number of ketones is 1. The number of imidazole rings is 1. The molecule has 6 nitrogen and oxygen atoms in total. The Kier molecular flexibility index (Phi) is 4.45. The molecule has 4 aromatic rings. The number of nitrogens with zero attached hydrogens (tertiary/aromatic N) is 4. The van der Waals surface area contributed by atoms with E-state index in [0.29, 0.717) is 16.9 Å². The molecule has 0 aliphatic heterocycles. The van der Waals surface area contributed by atoms with Gasteiger partial charge in [0.15, 0.2) is 11.3 Å². The van der Waals surface area contributed by atoms with E-state index in [2.05, 4.69) is 9.97 Å². The lowest BCUT2D eigenvalue weighted by atomic mass is 10.1. The maximum Gasteiger partial charge on any atom is 0.223 e. The summed E-state index contributed by atoms with van der Waals surface area (Å²) in [5.41, 5.74) is 3.90. The van der Waals surface area contributed by atoms with Gasteiger partial charge in [0.1, 0.15) is 6.33 Å². The molecule has 2 aromatic heterocycles. The van der Waals surface area contributed by atoms with Crippen molar-refractivity contribution in [3.63, 3.8) is 0 Å². The van der Waals surface area contributed by atoms with Gasteiger partial charge in [0.25, 0.3) is 0 Å². The van der Waals surface area contributed by atoms with Crippen LogP contribution in [0.5, 0.6) is 0 Å². The first kappa shape index (κ1) is 17.6. The molecule has 6 heteroatoms. The molecule has 2 heterocycles. The number of carbonyl (C=O) groups excluding carboxylic acids is 2. The van der Waals surface area contributed by atoms with Crippen molar-refractivity contribution < 1.29 is 9.59 Å². The van der Waals surface area contributed by atoms with Gasteiger partial charge in [-0.3, -0.25) is 14.0 Å². The lowest BCUT2D eigenvalue weighted by Crippen LogP contribution is -2.22. The summed E-state index contributed by atoms with van der Waals surface area (Å²) in [5, 5.41) is 0. The minimum Gasteiger partial charge on any atom is -0.316 e. The third kappa shape index (κ3) is 3.05. The standard InChI is InChI=1S/C22H18N4O2/c1-15(27)25(2)18-10-6-9-17(13-18)19-11-12-23-22-20(24-14-26(19)22)21(28)16-7-4-3-5-8-16/h3-14H,1-2H3. The quantitative estimate of drug-likeness (QED) is 0.515. The average molecular weight is 370 g/mol. The van der Waals surface area contributed by atoms with E-state index in [4.69, 9.17) is 0 Å². The minimum absolute atomic E-state index is 0.0459. The number of fused-ring (bicyclic) bond motifs is 1. The zero-order chi connectivity index (χ0) is 19.7. The summed E-state index contributed by atoms with van der Waals surface area (Å²) in [4.78, 5) is 34.8. The number of hydrogen-bond acceptors (Lipinski definition) is 4. The van der Waals surface area contributed by atoms with Crippen LogP contribution in [0.3, 0.4) is 0 Å². The fraction of sp³-hybridized carbons (Fsp3) is 0.0909. The molecule has 0 spiro atoms. The molecule has 2 aromatic carbocycles. The van der Waals surface area contributed by atoms with Gasteiger partial charge in [0.05, 0.1) is 5.69 Å². The number of carbonyl (C=O) groups is 2. The normalized spacial score (nSPS) is 10.8. The highest BCUT2D eigenvalue weighted by Crippen LogP contribution is 2.26. The van der Waals surface area contributed by atoms with E-state index in [1.165, 1.54) is 6.92 Å². The SMILES string of the molecule is CC(=O)N(C)c1cccc(-c2ccnc3c(C(=O)c4ccccc4)ncn23)c1. The molecule has 138 valence electrons. The molecule has 0 bridgehead atoms. The Balaban J connectivity index is 1.81. The second kappa shape index (κ2) is 7.08. The molecule has 0 atom stereocenters. The summed E-state index contributed by atoms with van der Waals surface area (Å²) in [6.45, 7) is 1.52. The smallest absolute Gasteiger partial charge is 0.223 e. The predicted octanol–water partition coefficient (Wildman–Crippen LogP) is 3.61. The average Bonchev–Trinajstić information content (AvgIpc) is 3.17. The Morgan fingerprint density at radius 1 is 0.964 bits per heavy atom. The Labute approximate surface area is 162 Å². The Morgan fingerprint density at radius 2 is 1.75 bits per heavy atom. The molecule has 0 fully saturated rings. The number of benzene rings is 2. The fourth-order valence-electron chi connectivity index (χ4n) is 3.08. The van der Waals surface area contributed by atoms with E-state index >= 15 is 0 Å². The largest absolute Gasteiger partial charge is 0.316 e. The van der Waals surface area contributed by atoms with Crippen LogP contribution < -0.4 is 4.90 Å². The Hall–Kier alpha value is -3.80. The van der Waals surface area contributed by atoms with Gasteiger partial charge in [0, 0.05) is 37.0 Å². The van der Waals surface area contributed by atoms with Crippen LogP contribution >= 0.6 is 0 Å². The van der Waals surface area contributed by atoms with Crippen LogP contribution in [0.15, 0.2) is 73.2 Å². The van der Waals surface area contributed by atoms with E-state index in [0.717, 1.165) is 16.9 Å². The summed E-state index contributed by atoms with van der Waals surface area (Å²) in [7, 11) is 1.73. The Bertz CT molecular complexity index is 1180. The minimum atomic E-state index is -0.169. The highest BCUT2D eigenvalue weighted by molar-refractivity contribution is 6.11. The fourth-order valence-corrected chi connectivity index (χ4v) is 3.08. The summed E-state index contributed by atoms with van der Waals surface area (Å²) in [6, 6.07) is 18.5. The molecule has 4 rings (SSSR count). The van der Waals surface area contributed by atoms with Crippen LogP contribution in [0.4, 0.5) is 5.69 Å². The van der Waals surface area contributed by atoms with Gasteiger partial charge in [-0.1, -0.05) is 42.5 Å². The number of aromatic nitrogens is 3. The second-order valence-corrected chi connectivity index (χ2v) is 6.44. The van der Waals surface area contributed by atoms with Crippen LogP contribution in [0, 0.1) is 0 Å². The van der Waals surface area contributed by atoms with Crippen molar-refractivity contribution in [1.82, 2.24) is 14.4 Å². The van der Waals surface area contributed by atoms with E-state index in [1.54, 1.807) is 41.0 Å². The molecule has 0 aliphatic rings. The van der Waals surface area contributed by atoms with Crippen molar-refractivity contribution in [3.8, 4) is 11.3 Å². The van der Waals surface area contributed by atoms with Crippen LogP contribution in [0.1, 0.15) is 23.0 Å². The molecule has 28 heavy (non-hydrogen) atoms. The topological polar surface area (TPSA) is 67.6 Å². The monoisotopic (exact) mass is 370 g/mol. The van der Waals surface area contributed by atoms with Gasteiger partial charge in [-0.15, -0.1) is 0 Å².